The molecule has 0 aliphatic carbocycles. The Labute approximate surface area is 109 Å². The Morgan fingerprint density at radius 2 is 2.17 bits per heavy atom. The third-order valence-corrected chi connectivity index (χ3v) is 4.03. The average Bonchev–Trinajstić information content (AvgIpc) is 2.84. The van der Waals surface area contributed by atoms with E-state index in [0.29, 0.717) is 6.54 Å². The standard InChI is InChI=1S/C14H20N4/c1-17(2)14(10-16)7-8-18(11-14)13-6-4-3-5-12(13)9-15/h3-6H,7-8,10-11,16H2,1-2H3. The Bertz CT molecular complexity index is 463. The minimum atomic E-state index is 0.0303. The molecule has 0 bridgehead atoms. The quantitative estimate of drug-likeness (QED) is 0.862. The van der Waals surface area contributed by atoms with Crippen LogP contribution in [0.5, 0.6) is 0 Å². The molecule has 0 radical (unpaired) electrons. The topological polar surface area (TPSA) is 56.3 Å². The molecule has 1 aromatic carbocycles. The summed E-state index contributed by atoms with van der Waals surface area (Å²) in [5.41, 5.74) is 7.74. The molecule has 1 aliphatic rings. The van der Waals surface area contributed by atoms with Crippen molar-refractivity contribution < 1.29 is 0 Å². The first-order valence-electron chi connectivity index (χ1n) is 6.24. The van der Waals surface area contributed by atoms with Gasteiger partial charge in [0.1, 0.15) is 6.07 Å². The van der Waals surface area contributed by atoms with Crippen molar-refractivity contribution in [3.05, 3.63) is 29.8 Å². The predicted molar refractivity (Wildman–Crippen MR) is 73.5 cm³/mol. The number of nitriles is 1. The number of anilines is 1. The van der Waals surface area contributed by atoms with Crippen LogP contribution in [0.4, 0.5) is 5.69 Å². The summed E-state index contributed by atoms with van der Waals surface area (Å²) in [7, 11) is 4.15. The Morgan fingerprint density at radius 1 is 1.44 bits per heavy atom. The van der Waals surface area contributed by atoms with E-state index in [0.717, 1.165) is 30.8 Å². The molecule has 0 aromatic heterocycles. The van der Waals surface area contributed by atoms with Gasteiger partial charge in [0.2, 0.25) is 0 Å². The van der Waals surface area contributed by atoms with Crippen molar-refractivity contribution in [3.63, 3.8) is 0 Å². The van der Waals surface area contributed by atoms with Gasteiger partial charge in [0, 0.05) is 19.6 Å². The summed E-state index contributed by atoms with van der Waals surface area (Å²) >= 11 is 0. The van der Waals surface area contributed by atoms with E-state index in [1.807, 2.05) is 24.3 Å². The number of nitrogens with two attached hydrogens (primary N) is 1. The van der Waals surface area contributed by atoms with E-state index in [1.165, 1.54) is 0 Å². The number of nitrogens with zero attached hydrogens (tertiary/aromatic N) is 3. The van der Waals surface area contributed by atoms with Gasteiger partial charge in [-0.2, -0.15) is 5.26 Å². The van der Waals surface area contributed by atoms with Crippen LogP contribution in [0.2, 0.25) is 0 Å². The predicted octanol–water partition coefficient (Wildman–Crippen LogP) is 1.03. The number of hydrogen-bond donors (Lipinski definition) is 1. The normalized spacial score (nSPS) is 23.4. The van der Waals surface area contributed by atoms with Crippen LogP contribution < -0.4 is 10.6 Å². The first-order chi connectivity index (χ1) is 8.63. The molecule has 0 saturated carbocycles. The molecule has 18 heavy (non-hydrogen) atoms. The summed E-state index contributed by atoms with van der Waals surface area (Å²) in [5, 5.41) is 9.16. The van der Waals surface area contributed by atoms with E-state index in [9.17, 15) is 0 Å². The molecule has 0 spiro atoms. The summed E-state index contributed by atoms with van der Waals surface area (Å²) in [5.74, 6) is 0. The molecule has 1 fully saturated rings. The summed E-state index contributed by atoms with van der Waals surface area (Å²) < 4.78 is 0. The molecule has 2 N–H and O–H groups in total. The number of para-hydroxylation sites is 1. The highest BCUT2D eigenvalue weighted by Gasteiger charge is 2.39. The third-order valence-electron chi connectivity index (χ3n) is 4.03. The fourth-order valence-corrected chi connectivity index (χ4v) is 2.62. The lowest BCUT2D eigenvalue weighted by atomic mass is 9.97. The van der Waals surface area contributed by atoms with Gasteiger partial charge < -0.3 is 15.5 Å². The van der Waals surface area contributed by atoms with Gasteiger partial charge in [0.25, 0.3) is 0 Å². The first kappa shape index (κ1) is 12.9. The molecule has 1 aromatic rings. The van der Waals surface area contributed by atoms with Gasteiger partial charge in [-0.25, -0.2) is 0 Å². The molecule has 1 saturated heterocycles. The average molecular weight is 244 g/mol. The van der Waals surface area contributed by atoms with Crippen LogP contribution in [0.1, 0.15) is 12.0 Å². The molecular formula is C14H20N4. The van der Waals surface area contributed by atoms with Crippen molar-refractivity contribution in [3.8, 4) is 6.07 Å². The van der Waals surface area contributed by atoms with E-state index in [2.05, 4.69) is 30.0 Å². The van der Waals surface area contributed by atoms with Crippen molar-refractivity contribution in [2.45, 2.75) is 12.0 Å². The van der Waals surface area contributed by atoms with Crippen LogP contribution in [0.15, 0.2) is 24.3 Å². The van der Waals surface area contributed by atoms with Crippen molar-refractivity contribution in [2.75, 3.05) is 38.6 Å². The molecule has 1 atom stereocenters. The Morgan fingerprint density at radius 3 is 2.72 bits per heavy atom. The maximum Gasteiger partial charge on any atom is 0.101 e. The lowest BCUT2D eigenvalue weighted by Gasteiger charge is -2.35. The van der Waals surface area contributed by atoms with Crippen LogP contribution in [-0.4, -0.2) is 44.2 Å². The van der Waals surface area contributed by atoms with Gasteiger partial charge in [-0.1, -0.05) is 12.1 Å². The molecule has 4 nitrogen and oxygen atoms in total. The second-order valence-corrected chi connectivity index (χ2v) is 5.12. The Hall–Kier alpha value is -1.57. The van der Waals surface area contributed by atoms with E-state index in [-0.39, 0.29) is 5.54 Å². The zero-order chi connectivity index (χ0) is 13.2. The van der Waals surface area contributed by atoms with Crippen molar-refractivity contribution in [1.82, 2.24) is 4.90 Å². The van der Waals surface area contributed by atoms with Gasteiger partial charge in [0.05, 0.1) is 16.8 Å². The van der Waals surface area contributed by atoms with Gasteiger partial charge in [-0.3, -0.25) is 0 Å². The Balaban J connectivity index is 2.26. The third kappa shape index (κ3) is 2.07. The maximum atomic E-state index is 9.16. The van der Waals surface area contributed by atoms with E-state index in [4.69, 9.17) is 11.0 Å². The van der Waals surface area contributed by atoms with Crippen LogP contribution in [0, 0.1) is 11.3 Å². The minimum Gasteiger partial charge on any atom is -0.368 e. The van der Waals surface area contributed by atoms with Crippen molar-refractivity contribution in [1.29, 1.82) is 5.26 Å². The fraction of sp³-hybridized carbons (Fsp3) is 0.500. The minimum absolute atomic E-state index is 0.0303. The zero-order valence-corrected chi connectivity index (χ0v) is 11.1. The molecule has 0 amide bonds. The number of benzene rings is 1. The smallest absolute Gasteiger partial charge is 0.101 e. The fourth-order valence-electron chi connectivity index (χ4n) is 2.62. The molecule has 1 heterocycles. The highest BCUT2D eigenvalue weighted by molar-refractivity contribution is 5.60. The molecule has 1 unspecified atom stereocenters. The number of hydrogen-bond acceptors (Lipinski definition) is 4. The molecule has 96 valence electrons. The van der Waals surface area contributed by atoms with Crippen LogP contribution in [0.3, 0.4) is 0 Å². The molecule has 1 aliphatic heterocycles. The lowest BCUT2D eigenvalue weighted by Crippen LogP contribution is -2.52. The highest BCUT2D eigenvalue weighted by atomic mass is 15.3. The van der Waals surface area contributed by atoms with Crippen LogP contribution in [-0.2, 0) is 0 Å². The summed E-state index contributed by atoms with van der Waals surface area (Å²) in [6.07, 6.45) is 1.04. The lowest BCUT2D eigenvalue weighted by molar-refractivity contribution is 0.184. The summed E-state index contributed by atoms with van der Waals surface area (Å²) in [6.45, 7) is 2.48. The van der Waals surface area contributed by atoms with Gasteiger partial charge >= 0.3 is 0 Å². The number of likely N-dealkylation sites (N-methyl/N-ethyl adjacent to an activating group) is 1. The highest BCUT2D eigenvalue weighted by Crippen LogP contribution is 2.31. The largest absolute Gasteiger partial charge is 0.368 e. The van der Waals surface area contributed by atoms with Crippen molar-refractivity contribution >= 4 is 5.69 Å². The van der Waals surface area contributed by atoms with E-state index in [1.54, 1.807) is 0 Å². The zero-order valence-electron chi connectivity index (χ0n) is 11.1. The van der Waals surface area contributed by atoms with Gasteiger partial charge in [-0.05, 0) is 32.6 Å². The van der Waals surface area contributed by atoms with Crippen LogP contribution >= 0.6 is 0 Å². The molecular weight excluding hydrogens is 224 g/mol. The Kier molecular flexibility index (Phi) is 3.55. The SMILES string of the molecule is CN(C)C1(CN)CCN(c2ccccc2C#N)C1. The maximum absolute atomic E-state index is 9.16. The van der Waals surface area contributed by atoms with Gasteiger partial charge in [-0.15, -0.1) is 0 Å². The molecule has 2 rings (SSSR count). The summed E-state index contributed by atoms with van der Waals surface area (Å²) in [4.78, 5) is 4.48. The van der Waals surface area contributed by atoms with Crippen LogP contribution in [0.25, 0.3) is 0 Å². The van der Waals surface area contributed by atoms with E-state index >= 15 is 0 Å². The first-order valence-corrected chi connectivity index (χ1v) is 6.24. The molecule has 4 heteroatoms. The number of rotatable bonds is 3. The van der Waals surface area contributed by atoms with Crippen molar-refractivity contribution in [2.24, 2.45) is 5.73 Å². The summed E-state index contributed by atoms with van der Waals surface area (Å²) in [6, 6.07) is 10.0. The monoisotopic (exact) mass is 244 g/mol. The van der Waals surface area contributed by atoms with Gasteiger partial charge in [0.15, 0.2) is 0 Å². The van der Waals surface area contributed by atoms with E-state index < -0.39 is 0 Å². The second-order valence-electron chi connectivity index (χ2n) is 5.12. The second kappa shape index (κ2) is 4.97.